The standard InChI is InChI=1S/C19H21N3O3/c1-24-18-13-15(14-20)7-8-17(18)25-12-4-6-19(23)22-11-9-16-5-2-3-10-21-16/h2-3,5,7-8,10,13H,4,6,9,11-12H2,1H3,(H,22,23). The van der Waals surface area contributed by atoms with E-state index in [2.05, 4.69) is 10.3 Å². The molecule has 0 spiro atoms. The summed E-state index contributed by atoms with van der Waals surface area (Å²) in [6, 6.07) is 12.8. The second-order valence-corrected chi connectivity index (χ2v) is 5.35. The lowest BCUT2D eigenvalue weighted by atomic mass is 10.2. The maximum absolute atomic E-state index is 11.8. The van der Waals surface area contributed by atoms with Crippen LogP contribution in [-0.4, -0.2) is 31.2 Å². The summed E-state index contributed by atoms with van der Waals surface area (Å²) in [5.74, 6) is 1.07. The Kier molecular flexibility index (Phi) is 7.26. The van der Waals surface area contributed by atoms with Crippen molar-refractivity contribution in [2.75, 3.05) is 20.3 Å². The Hall–Kier alpha value is -3.07. The summed E-state index contributed by atoms with van der Waals surface area (Å²) in [5.41, 5.74) is 1.47. The molecule has 0 radical (unpaired) electrons. The number of hydrogen-bond acceptors (Lipinski definition) is 5. The molecule has 6 nitrogen and oxygen atoms in total. The van der Waals surface area contributed by atoms with Gasteiger partial charge in [0.25, 0.3) is 0 Å². The van der Waals surface area contributed by atoms with Crippen LogP contribution in [0.3, 0.4) is 0 Å². The molecule has 1 heterocycles. The van der Waals surface area contributed by atoms with Crippen molar-refractivity contribution in [1.82, 2.24) is 10.3 Å². The van der Waals surface area contributed by atoms with Crippen molar-refractivity contribution in [3.63, 3.8) is 0 Å². The average molecular weight is 339 g/mol. The molecular formula is C19H21N3O3. The zero-order valence-corrected chi connectivity index (χ0v) is 14.2. The van der Waals surface area contributed by atoms with Crippen LogP contribution in [0.1, 0.15) is 24.1 Å². The summed E-state index contributed by atoms with van der Waals surface area (Å²) >= 11 is 0. The third-order valence-electron chi connectivity index (χ3n) is 3.53. The number of carbonyl (C=O) groups is 1. The Morgan fingerprint density at radius 1 is 1.28 bits per heavy atom. The van der Waals surface area contributed by atoms with Gasteiger partial charge in [0.1, 0.15) is 0 Å². The quantitative estimate of drug-likeness (QED) is 0.710. The van der Waals surface area contributed by atoms with E-state index in [1.165, 1.54) is 7.11 Å². The molecule has 6 heteroatoms. The lowest BCUT2D eigenvalue weighted by Crippen LogP contribution is -2.26. The molecule has 1 N–H and O–H groups in total. The van der Waals surface area contributed by atoms with E-state index in [1.54, 1.807) is 24.4 Å². The molecule has 0 unspecified atom stereocenters. The van der Waals surface area contributed by atoms with Crippen molar-refractivity contribution in [1.29, 1.82) is 5.26 Å². The minimum absolute atomic E-state index is 0.00803. The van der Waals surface area contributed by atoms with Gasteiger partial charge in [0.05, 0.1) is 25.3 Å². The summed E-state index contributed by atoms with van der Waals surface area (Å²) < 4.78 is 10.8. The fourth-order valence-corrected chi connectivity index (χ4v) is 2.24. The van der Waals surface area contributed by atoms with Gasteiger partial charge in [-0.25, -0.2) is 0 Å². The Morgan fingerprint density at radius 2 is 2.16 bits per heavy atom. The normalized spacial score (nSPS) is 9.92. The number of ether oxygens (including phenoxy) is 2. The molecule has 2 rings (SSSR count). The average Bonchev–Trinajstić information content (AvgIpc) is 2.66. The van der Waals surface area contributed by atoms with Crippen LogP contribution in [0.15, 0.2) is 42.6 Å². The van der Waals surface area contributed by atoms with Crippen LogP contribution < -0.4 is 14.8 Å². The summed E-state index contributed by atoms with van der Waals surface area (Å²) in [4.78, 5) is 16.0. The van der Waals surface area contributed by atoms with Crippen molar-refractivity contribution in [2.45, 2.75) is 19.3 Å². The number of benzene rings is 1. The number of nitrogens with zero attached hydrogens (tertiary/aromatic N) is 2. The van der Waals surface area contributed by atoms with Crippen molar-refractivity contribution < 1.29 is 14.3 Å². The Morgan fingerprint density at radius 3 is 2.88 bits per heavy atom. The van der Waals surface area contributed by atoms with E-state index in [0.29, 0.717) is 49.5 Å². The molecule has 130 valence electrons. The number of rotatable bonds is 9. The topological polar surface area (TPSA) is 84.2 Å². The lowest BCUT2D eigenvalue weighted by Gasteiger charge is -2.10. The fraction of sp³-hybridized carbons (Fsp3) is 0.316. The Balaban J connectivity index is 1.65. The zero-order valence-electron chi connectivity index (χ0n) is 14.2. The molecule has 0 saturated heterocycles. The third-order valence-corrected chi connectivity index (χ3v) is 3.53. The maximum atomic E-state index is 11.8. The van der Waals surface area contributed by atoms with Gasteiger partial charge in [0, 0.05) is 37.3 Å². The molecule has 25 heavy (non-hydrogen) atoms. The number of nitriles is 1. The Labute approximate surface area is 147 Å². The van der Waals surface area contributed by atoms with Crippen LogP contribution in [0.2, 0.25) is 0 Å². The summed E-state index contributed by atoms with van der Waals surface area (Å²) in [6.45, 7) is 0.968. The number of aromatic nitrogens is 1. The highest BCUT2D eigenvalue weighted by molar-refractivity contribution is 5.75. The van der Waals surface area contributed by atoms with E-state index in [0.717, 1.165) is 5.69 Å². The summed E-state index contributed by atoms with van der Waals surface area (Å²) in [5, 5.41) is 11.7. The van der Waals surface area contributed by atoms with Crippen molar-refractivity contribution in [3.8, 4) is 17.6 Å². The minimum Gasteiger partial charge on any atom is -0.493 e. The van der Waals surface area contributed by atoms with Crippen molar-refractivity contribution in [3.05, 3.63) is 53.9 Å². The third kappa shape index (κ3) is 6.15. The highest BCUT2D eigenvalue weighted by atomic mass is 16.5. The molecule has 0 saturated carbocycles. The second kappa shape index (κ2) is 9.93. The molecular weight excluding hydrogens is 318 g/mol. The van der Waals surface area contributed by atoms with Gasteiger partial charge in [-0.2, -0.15) is 5.26 Å². The van der Waals surface area contributed by atoms with Crippen molar-refractivity contribution in [2.24, 2.45) is 0 Å². The van der Waals surface area contributed by atoms with Gasteiger partial charge in [-0.1, -0.05) is 6.07 Å². The molecule has 0 aliphatic heterocycles. The van der Waals surface area contributed by atoms with E-state index in [9.17, 15) is 4.79 Å². The molecule has 1 aromatic carbocycles. The summed E-state index contributed by atoms with van der Waals surface area (Å²) in [6.07, 6.45) is 3.44. The van der Waals surface area contributed by atoms with E-state index in [-0.39, 0.29) is 5.91 Å². The monoisotopic (exact) mass is 339 g/mol. The number of hydrogen-bond donors (Lipinski definition) is 1. The van der Waals surface area contributed by atoms with E-state index in [4.69, 9.17) is 14.7 Å². The van der Waals surface area contributed by atoms with Crippen LogP contribution in [0, 0.1) is 11.3 Å². The van der Waals surface area contributed by atoms with Crippen LogP contribution in [0.5, 0.6) is 11.5 Å². The zero-order chi connectivity index (χ0) is 17.9. The highest BCUT2D eigenvalue weighted by Gasteiger charge is 2.06. The van der Waals surface area contributed by atoms with Gasteiger partial charge in [0.15, 0.2) is 11.5 Å². The second-order valence-electron chi connectivity index (χ2n) is 5.35. The SMILES string of the molecule is COc1cc(C#N)ccc1OCCCC(=O)NCCc1ccccn1. The largest absolute Gasteiger partial charge is 0.493 e. The van der Waals surface area contributed by atoms with E-state index in [1.807, 2.05) is 24.3 Å². The minimum atomic E-state index is -0.00803. The van der Waals surface area contributed by atoms with Gasteiger partial charge in [0.2, 0.25) is 5.91 Å². The van der Waals surface area contributed by atoms with Crippen LogP contribution in [-0.2, 0) is 11.2 Å². The van der Waals surface area contributed by atoms with Gasteiger partial charge in [-0.15, -0.1) is 0 Å². The fourth-order valence-electron chi connectivity index (χ4n) is 2.24. The number of methoxy groups -OCH3 is 1. The van der Waals surface area contributed by atoms with Crippen LogP contribution in [0.4, 0.5) is 0 Å². The molecule has 2 aromatic rings. The van der Waals surface area contributed by atoms with E-state index >= 15 is 0 Å². The van der Waals surface area contributed by atoms with Crippen molar-refractivity contribution >= 4 is 5.91 Å². The molecule has 0 fully saturated rings. The number of nitrogens with one attached hydrogen (secondary N) is 1. The van der Waals surface area contributed by atoms with Gasteiger partial charge >= 0.3 is 0 Å². The van der Waals surface area contributed by atoms with Gasteiger partial charge in [-0.3, -0.25) is 9.78 Å². The summed E-state index contributed by atoms with van der Waals surface area (Å²) in [7, 11) is 1.53. The Bertz CT molecular complexity index is 726. The molecule has 0 aliphatic carbocycles. The number of carbonyl (C=O) groups excluding carboxylic acids is 1. The lowest BCUT2D eigenvalue weighted by molar-refractivity contribution is -0.121. The first-order valence-corrected chi connectivity index (χ1v) is 8.10. The smallest absolute Gasteiger partial charge is 0.220 e. The van der Waals surface area contributed by atoms with Gasteiger partial charge < -0.3 is 14.8 Å². The first-order valence-electron chi connectivity index (χ1n) is 8.10. The highest BCUT2D eigenvalue weighted by Crippen LogP contribution is 2.27. The van der Waals surface area contributed by atoms with E-state index < -0.39 is 0 Å². The predicted molar refractivity (Wildman–Crippen MR) is 93.4 cm³/mol. The maximum Gasteiger partial charge on any atom is 0.220 e. The first-order chi connectivity index (χ1) is 12.2. The molecule has 0 aliphatic rings. The number of pyridine rings is 1. The predicted octanol–water partition coefficient (Wildman–Crippen LogP) is 2.48. The van der Waals surface area contributed by atoms with Crippen LogP contribution >= 0.6 is 0 Å². The van der Waals surface area contributed by atoms with Crippen LogP contribution in [0.25, 0.3) is 0 Å². The molecule has 1 aromatic heterocycles. The van der Waals surface area contributed by atoms with Gasteiger partial charge in [-0.05, 0) is 30.7 Å². The molecule has 0 atom stereocenters. The molecule has 0 bridgehead atoms. The first kappa shape index (κ1) is 18.3. The molecule has 1 amide bonds. The number of amides is 1.